The van der Waals surface area contributed by atoms with E-state index < -0.39 is 5.60 Å². The summed E-state index contributed by atoms with van der Waals surface area (Å²) < 4.78 is 2.27. The van der Waals surface area contributed by atoms with Crippen molar-refractivity contribution in [3.8, 4) is 0 Å². The Hall–Kier alpha value is -1.76. The summed E-state index contributed by atoms with van der Waals surface area (Å²) in [4.78, 5) is 2.35. The van der Waals surface area contributed by atoms with E-state index in [4.69, 9.17) is 0 Å². The summed E-state index contributed by atoms with van der Waals surface area (Å²) in [5.41, 5.74) is 1.25. The van der Waals surface area contributed by atoms with Crippen LogP contribution >= 0.6 is 0 Å². The highest BCUT2D eigenvalue weighted by Gasteiger charge is 2.48. The van der Waals surface area contributed by atoms with Gasteiger partial charge in [-0.2, -0.15) is 0 Å². The molecule has 2 aromatic rings. The van der Waals surface area contributed by atoms with E-state index in [-0.39, 0.29) is 5.92 Å². The normalized spacial score (nSPS) is 27.2. The first-order valence-electron chi connectivity index (χ1n) is 10.8. The van der Waals surface area contributed by atoms with Gasteiger partial charge in [0.05, 0.1) is 0 Å². The van der Waals surface area contributed by atoms with Gasteiger partial charge in [-0.15, -0.1) is 10.2 Å². The SMILES string of the molecule is CN1CCC(C2(O)c3ccccc3CCn3c(C4CCNCC4)nnc32)CC1. The summed E-state index contributed by atoms with van der Waals surface area (Å²) in [6.07, 6.45) is 5.08. The van der Waals surface area contributed by atoms with Gasteiger partial charge < -0.3 is 19.9 Å². The summed E-state index contributed by atoms with van der Waals surface area (Å²) in [5.74, 6) is 2.47. The second kappa shape index (κ2) is 7.25. The van der Waals surface area contributed by atoms with Crippen molar-refractivity contribution >= 4 is 0 Å². The highest BCUT2D eigenvalue weighted by molar-refractivity contribution is 5.40. The number of nitrogens with one attached hydrogen (secondary N) is 1. The number of hydrogen-bond acceptors (Lipinski definition) is 5. The van der Waals surface area contributed by atoms with E-state index in [0.717, 1.165) is 82.0 Å². The molecule has 2 saturated heterocycles. The van der Waals surface area contributed by atoms with Crippen molar-refractivity contribution in [2.24, 2.45) is 5.92 Å². The Bertz CT molecular complexity index is 835. The zero-order valence-corrected chi connectivity index (χ0v) is 16.8. The molecule has 3 aliphatic rings. The van der Waals surface area contributed by atoms with Crippen molar-refractivity contribution in [1.29, 1.82) is 0 Å². The third kappa shape index (κ3) is 2.90. The van der Waals surface area contributed by atoms with E-state index in [1.165, 1.54) is 5.56 Å². The van der Waals surface area contributed by atoms with Crippen LogP contribution in [0.3, 0.4) is 0 Å². The molecule has 0 amide bonds. The van der Waals surface area contributed by atoms with E-state index in [2.05, 4.69) is 56.3 Å². The first-order chi connectivity index (χ1) is 13.7. The van der Waals surface area contributed by atoms with Crippen molar-refractivity contribution in [3.63, 3.8) is 0 Å². The molecule has 0 bridgehead atoms. The van der Waals surface area contributed by atoms with Gasteiger partial charge in [-0.05, 0) is 76.5 Å². The Kier molecular flexibility index (Phi) is 4.73. The lowest BCUT2D eigenvalue weighted by Gasteiger charge is -2.40. The van der Waals surface area contributed by atoms with Crippen LogP contribution in [0, 0.1) is 5.92 Å². The average Bonchev–Trinajstić information content (AvgIpc) is 3.12. The Morgan fingerprint density at radius 2 is 1.79 bits per heavy atom. The molecule has 0 saturated carbocycles. The van der Waals surface area contributed by atoms with Gasteiger partial charge in [-0.1, -0.05) is 24.3 Å². The first-order valence-corrected chi connectivity index (χ1v) is 10.8. The Morgan fingerprint density at radius 1 is 1.04 bits per heavy atom. The topological polar surface area (TPSA) is 66.2 Å². The Labute approximate surface area is 167 Å². The van der Waals surface area contributed by atoms with E-state index in [1.807, 2.05) is 0 Å². The minimum atomic E-state index is -1.05. The molecule has 0 aliphatic carbocycles. The molecule has 1 aromatic carbocycles. The van der Waals surface area contributed by atoms with Crippen molar-refractivity contribution < 1.29 is 5.11 Å². The number of fused-ring (bicyclic) bond motifs is 2. The average molecular weight is 382 g/mol. The lowest BCUT2D eigenvalue weighted by molar-refractivity contribution is -0.0200. The minimum absolute atomic E-state index is 0.173. The summed E-state index contributed by atoms with van der Waals surface area (Å²) in [6.45, 7) is 4.96. The van der Waals surface area contributed by atoms with Gasteiger partial charge in [0.2, 0.25) is 0 Å². The van der Waals surface area contributed by atoms with Gasteiger partial charge in [-0.3, -0.25) is 0 Å². The molecule has 1 atom stereocenters. The number of aliphatic hydroxyl groups is 1. The molecule has 1 unspecified atom stereocenters. The number of likely N-dealkylation sites (tertiary alicyclic amines) is 1. The lowest BCUT2D eigenvalue weighted by atomic mass is 9.74. The molecule has 0 radical (unpaired) electrons. The van der Waals surface area contributed by atoms with Crippen molar-refractivity contribution in [3.05, 3.63) is 47.0 Å². The number of nitrogens with zero attached hydrogens (tertiary/aromatic N) is 4. The van der Waals surface area contributed by atoms with Crippen molar-refractivity contribution in [2.75, 3.05) is 33.2 Å². The zero-order valence-electron chi connectivity index (χ0n) is 16.8. The lowest BCUT2D eigenvalue weighted by Crippen LogP contribution is -2.44. The number of piperidine rings is 2. The van der Waals surface area contributed by atoms with Gasteiger partial charge in [-0.25, -0.2) is 0 Å². The van der Waals surface area contributed by atoms with Crippen LogP contribution in [0.2, 0.25) is 0 Å². The zero-order chi connectivity index (χ0) is 19.1. The molecule has 150 valence electrons. The molecule has 6 nitrogen and oxygen atoms in total. The molecule has 1 aromatic heterocycles. The second-order valence-electron chi connectivity index (χ2n) is 8.81. The smallest absolute Gasteiger partial charge is 0.170 e. The molecule has 4 heterocycles. The maximum absolute atomic E-state index is 12.3. The molecule has 28 heavy (non-hydrogen) atoms. The second-order valence-corrected chi connectivity index (χ2v) is 8.81. The minimum Gasteiger partial charge on any atom is -0.377 e. The quantitative estimate of drug-likeness (QED) is 0.832. The van der Waals surface area contributed by atoms with Crippen LogP contribution in [0.5, 0.6) is 0 Å². The third-order valence-electron chi connectivity index (χ3n) is 7.17. The number of hydrogen-bond donors (Lipinski definition) is 2. The highest BCUT2D eigenvalue weighted by Crippen LogP contribution is 2.44. The maximum atomic E-state index is 12.3. The molecular formula is C22H31N5O. The fourth-order valence-corrected chi connectivity index (χ4v) is 5.49. The maximum Gasteiger partial charge on any atom is 0.170 e. The molecular weight excluding hydrogens is 350 g/mol. The fraction of sp³-hybridized carbons (Fsp3) is 0.636. The monoisotopic (exact) mass is 381 g/mol. The number of aromatic nitrogens is 3. The molecule has 3 aliphatic heterocycles. The van der Waals surface area contributed by atoms with Gasteiger partial charge in [0.1, 0.15) is 5.82 Å². The van der Waals surface area contributed by atoms with Crippen LogP contribution in [-0.4, -0.2) is 58.0 Å². The summed E-state index contributed by atoms with van der Waals surface area (Å²) in [7, 11) is 2.17. The van der Waals surface area contributed by atoms with Gasteiger partial charge in [0.15, 0.2) is 11.4 Å². The predicted octanol–water partition coefficient (Wildman–Crippen LogP) is 1.88. The number of rotatable bonds is 2. The number of aryl methyl sites for hydroxylation is 1. The molecule has 5 rings (SSSR count). The van der Waals surface area contributed by atoms with Gasteiger partial charge in [0.25, 0.3) is 0 Å². The molecule has 0 spiro atoms. The Morgan fingerprint density at radius 3 is 2.57 bits per heavy atom. The summed E-state index contributed by atoms with van der Waals surface area (Å²) in [5, 5.41) is 25.1. The van der Waals surface area contributed by atoms with Crippen molar-refractivity contribution in [1.82, 2.24) is 25.0 Å². The van der Waals surface area contributed by atoms with Crippen LogP contribution in [-0.2, 0) is 18.6 Å². The van der Waals surface area contributed by atoms with Gasteiger partial charge in [0, 0.05) is 18.4 Å². The van der Waals surface area contributed by atoms with Crippen LogP contribution in [0.25, 0.3) is 0 Å². The molecule has 2 fully saturated rings. The van der Waals surface area contributed by atoms with Crippen LogP contribution in [0.1, 0.15) is 54.4 Å². The fourth-order valence-electron chi connectivity index (χ4n) is 5.49. The van der Waals surface area contributed by atoms with Gasteiger partial charge >= 0.3 is 0 Å². The Balaban J connectivity index is 1.62. The number of benzene rings is 1. The van der Waals surface area contributed by atoms with E-state index >= 15 is 0 Å². The van der Waals surface area contributed by atoms with Crippen molar-refractivity contribution in [2.45, 2.75) is 50.2 Å². The van der Waals surface area contributed by atoms with E-state index in [9.17, 15) is 5.11 Å². The van der Waals surface area contributed by atoms with E-state index in [1.54, 1.807) is 0 Å². The molecule has 2 N–H and O–H groups in total. The van der Waals surface area contributed by atoms with Crippen LogP contribution in [0.4, 0.5) is 0 Å². The molecule has 6 heteroatoms. The first kappa shape index (κ1) is 18.3. The third-order valence-corrected chi connectivity index (χ3v) is 7.17. The van der Waals surface area contributed by atoms with Crippen LogP contribution in [0.15, 0.2) is 24.3 Å². The predicted molar refractivity (Wildman–Crippen MR) is 108 cm³/mol. The van der Waals surface area contributed by atoms with Crippen LogP contribution < -0.4 is 5.32 Å². The largest absolute Gasteiger partial charge is 0.377 e. The summed E-state index contributed by atoms with van der Waals surface area (Å²) in [6, 6.07) is 8.44. The highest BCUT2D eigenvalue weighted by atomic mass is 16.3. The van der Waals surface area contributed by atoms with E-state index in [0.29, 0.717) is 5.92 Å². The summed E-state index contributed by atoms with van der Waals surface area (Å²) >= 11 is 0. The standard InChI is InChI=1S/C22H31N5O/c1-26-13-9-18(10-14-26)22(28)19-5-3-2-4-16(19)8-15-27-20(24-25-21(22)27)17-6-11-23-12-7-17/h2-5,17-18,23,28H,6-15H2,1H3.